The van der Waals surface area contributed by atoms with Gasteiger partial charge in [-0.1, -0.05) is 25.1 Å². The molecule has 0 bridgehead atoms. The molecular formula is C18H21N3O2S. The van der Waals surface area contributed by atoms with E-state index in [2.05, 4.69) is 33.8 Å². The average Bonchev–Trinajstić information content (AvgIpc) is 3.12. The number of rotatable bonds is 4. The van der Waals surface area contributed by atoms with Crippen LogP contribution in [0.25, 0.3) is 0 Å². The molecule has 0 aliphatic heterocycles. The van der Waals surface area contributed by atoms with Gasteiger partial charge in [-0.25, -0.2) is 4.98 Å². The van der Waals surface area contributed by atoms with Crippen molar-refractivity contribution < 1.29 is 9.59 Å². The zero-order valence-corrected chi connectivity index (χ0v) is 14.5. The number of amides is 2. The second-order valence-corrected chi connectivity index (χ2v) is 6.86. The van der Waals surface area contributed by atoms with Crippen LogP contribution >= 0.6 is 11.3 Å². The summed E-state index contributed by atoms with van der Waals surface area (Å²) in [4.78, 5) is 28.1. The molecule has 2 amide bonds. The van der Waals surface area contributed by atoms with E-state index in [0.717, 1.165) is 24.8 Å². The summed E-state index contributed by atoms with van der Waals surface area (Å²) in [7, 11) is 0. The highest BCUT2D eigenvalue weighted by Crippen LogP contribution is 2.26. The van der Waals surface area contributed by atoms with Gasteiger partial charge in [-0.05, 0) is 48.8 Å². The van der Waals surface area contributed by atoms with E-state index in [1.165, 1.54) is 35.3 Å². The molecule has 6 heteroatoms. The zero-order chi connectivity index (χ0) is 16.9. The molecule has 3 rings (SSSR count). The van der Waals surface area contributed by atoms with E-state index in [-0.39, 0.29) is 6.04 Å². The molecule has 1 atom stereocenters. The lowest BCUT2D eigenvalue weighted by atomic mass is 9.89. The standard InChI is InChI=1S/C18H21N3O2S/c1-2-15(14-8-7-12-5-3-4-6-13(12)11-14)20-16(22)17(23)21-18-19-9-10-24-18/h7-11,15H,2-6H2,1H3,(H,20,22)(H,19,21,23). The molecule has 5 nitrogen and oxygen atoms in total. The highest BCUT2D eigenvalue weighted by Gasteiger charge is 2.20. The van der Waals surface area contributed by atoms with E-state index in [1.807, 2.05) is 6.92 Å². The molecule has 2 aromatic rings. The van der Waals surface area contributed by atoms with E-state index < -0.39 is 11.8 Å². The second-order valence-electron chi connectivity index (χ2n) is 5.96. The number of carbonyl (C=O) groups excluding carboxylic acids is 2. The summed E-state index contributed by atoms with van der Waals surface area (Å²) in [6.07, 6.45) is 7.01. The first-order valence-corrected chi connectivity index (χ1v) is 9.18. The fourth-order valence-corrected chi connectivity index (χ4v) is 3.58. The van der Waals surface area contributed by atoms with Gasteiger partial charge in [-0.2, -0.15) is 0 Å². The number of nitrogens with one attached hydrogen (secondary N) is 2. The molecule has 2 N–H and O–H groups in total. The number of hydrogen-bond acceptors (Lipinski definition) is 4. The Morgan fingerprint density at radius 1 is 1.21 bits per heavy atom. The van der Waals surface area contributed by atoms with Crippen molar-refractivity contribution in [1.29, 1.82) is 0 Å². The van der Waals surface area contributed by atoms with Gasteiger partial charge in [0.25, 0.3) is 0 Å². The number of carbonyl (C=O) groups is 2. The Balaban J connectivity index is 1.67. The van der Waals surface area contributed by atoms with Crippen LogP contribution in [0, 0.1) is 0 Å². The third-order valence-corrected chi connectivity index (χ3v) is 5.04. The van der Waals surface area contributed by atoms with E-state index in [1.54, 1.807) is 11.6 Å². The molecule has 1 aliphatic rings. The van der Waals surface area contributed by atoms with Crippen LogP contribution in [-0.4, -0.2) is 16.8 Å². The van der Waals surface area contributed by atoms with Gasteiger partial charge in [0.05, 0.1) is 6.04 Å². The van der Waals surface area contributed by atoms with Gasteiger partial charge in [0.2, 0.25) is 0 Å². The van der Waals surface area contributed by atoms with Crippen LogP contribution < -0.4 is 10.6 Å². The summed E-state index contributed by atoms with van der Waals surface area (Å²) in [5, 5.41) is 7.51. The molecule has 0 spiro atoms. The fraction of sp³-hybridized carbons (Fsp3) is 0.389. The maximum absolute atomic E-state index is 12.2. The first-order chi connectivity index (χ1) is 11.7. The highest BCUT2D eigenvalue weighted by molar-refractivity contribution is 7.13. The van der Waals surface area contributed by atoms with Crippen LogP contribution in [0.2, 0.25) is 0 Å². The molecule has 1 aliphatic carbocycles. The molecule has 1 heterocycles. The Morgan fingerprint density at radius 2 is 2.00 bits per heavy atom. The largest absolute Gasteiger partial charge is 0.341 e. The predicted molar refractivity (Wildman–Crippen MR) is 95.0 cm³/mol. The van der Waals surface area contributed by atoms with Gasteiger partial charge in [0.1, 0.15) is 0 Å². The van der Waals surface area contributed by atoms with E-state index in [4.69, 9.17) is 0 Å². The number of hydrogen-bond donors (Lipinski definition) is 2. The lowest BCUT2D eigenvalue weighted by molar-refractivity contribution is -0.136. The van der Waals surface area contributed by atoms with Gasteiger partial charge in [0.15, 0.2) is 5.13 Å². The minimum atomic E-state index is -0.679. The van der Waals surface area contributed by atoms with Crippen molar-refractivity contribution in [2.75, 3.05) is 5.32 Å². The summed E-state index contributed by atoms with van der Waals surface area (Å²) >= 11 is 1.28. The first-order valence-electron chi connectivity index (χ1n) is 8.30. The maximum atomic E-state index is 12.2. The van der Waals surface area contributed by atoms with Crippen LogP contribution in [0.4, 0.5) is 5.13 Å². The van der Waals surface area contributed by atoms with Crippen LogP contribution in [-0.2, 0) is 22.4 Å². The molecule has 0 radical (unpaired) electrons. The number of thiazole rings is 1. The Morgan fingerprint density at radius 3 is 2.71 bits per heavy atom. The normalized spacial score (nSPS) is 14.5. The minimum Gasteiger partial charge on any atom is -0.341 e. The van der Waals surface area contributed by atoms with Gasteiger partial charge >= 0.3 is 11.8 Å². The molecular weight excluding hydrogens is 322 g/mol. The molecule has 1 unspecified atom stereocenters. The van der Waals surface area contributed by atoms with Crippen molar-refractivity contribution in [3.05, 3.63) is 46.5 Å². The summed E-state index contributed by atoms with van der Waals surface area (Å²) < 4.78 is 0. The van der Waals surface area contributed by atoms with Crippen LogP contribution in [0.15, 0.2) is 29.8 Å². The summed E-state index contributed by atoms with van der Waals surface area (Å²) in [5.41, 5.74) is 3.85. The average molecular weight is 343 g/mol. The first kappa shape index (κ1) is 16.6. The zero-order valence-electron chi connectivity index (χ0n) is 13.7. The molecule has 126 valence electrons. The monoisotopic (exact) mass is 343 g/mol. The molecule has 0 fully saturated rings. The van der Waals surface area contributed by atoms with Crippen molar-refractivity contribution in [3.8, 4) is 0 Å². The molecule has 0 saturated carbocycles. The van der Waals surface area contributed by atoms with Crippen molar-refractivity contribution >= 4 is 28.3 Å². The number of benzene rings is 1. The fourth-order valence-electron chi connectivity index (χ4n) is 3.05. The summed E-state index contributed by atoms with van der Waals surface area (Å²) in [5.74, 6) is -1.31. The van der Waals surface area contributed by atoms with Crippen molar-refractivity contribution in [1.82, 2.24) is 10.3 Å². The Kier molecular flexibility index (Phi) is 5.25. The van der Waals surface area contributed by atoms with Crippen LogP contribution in [0.3, 0.4) is 0 Å². The third kappa shape index (κ3) is 3.82. The van der Waals surface area contributed by atoms with E-state index >= 15 is 0 Å². The number of nitrogens with zero attached hydrogens (tertiary/aromatic N) is 1. The maximum Gasteiger partial charge on any atom is 0.315 e. The smallest absolute Gasteiger partial charge is 0.315 e. The quantitative estimate of drug-likeness (QED) is 0.837. The molecule has 24 heavy (non-hydrogen) atoms. The van der Waals surface area contributed by atoms with Gasteiger partial charge < -0.3 is 5.32 Å². The van der Waals surface area contributed by atoms with Crippen LogP contribution in [0.1, 0.15) is 48.9 Å². The Hall–Kier alpha value is -2.21. The lowest BCUT2D eigenvalue weighted by Crippen LogP contribution is -2.37. The van der Waals surface area contributed by atoms with Gasteiger partial charge in [-0.15, -0.1) is 11.3 Å². The third-order valence-electron chi connectivity index (χ3n) is 4.35. The Labute approximate surface area is 145 Å². The Bertz CT molecular complexity index is 728. The van der Waals surface area contributed by atoms with Gasteiger partial charge in [0, 0.05) is 11.6 Å². The van der Waals surface area contributed by atoms with Crippen molar-refractivity contribution in [3.63, 3.8) is 0 Å². The second kappa shape index (κ2) is 7.57. The minimum absolute atomic E-state index is 0.160. The molecule has 1 aromatic heterocycles. The predicted octanol–water partition coefficient (Wildman–Crippen LogP) is 3.23. The topological polar surface area (TPSA) is 71.1 Å². The number of anilines is 1. The number of aryl methyl sites for hydroxylation is 2. The highest BCUT2D eigenvalue weighted by atomic mass is 32.1. The number of fused-ring (bicyclic) bond motifs is 1. The van der Waals surface area contributed by atoms with Crippen molar-refractivity contribution in [2.45, 2.75) is 45.1 Å². The molecule has 0 saturated heterocycles. The van der Waals surface area contributed by atoms with E-state index in [0.29, 0.717) is 5.13 Å². The van der Waals surface area contributed by atoms with Crippen LogP contribution in [0.5, 0.6) is 0 Å². The lowest BCUT2D eigenvalue weighted by Gasteiger charge is -2.21. The van der Waals surface area contributed by atoms with E-state index in [9.17, 15) is 9.59 Å². The van der Waals surface area contributed by atoms with Gasteiger partial charge in [-0.3, -0.25) is 14.9 Å². The SMILES string of the molecule is CCC(NC(=O)C(=O)Nc1nccs1)c1ccc2c(c1)CCCC2. The summed E-state index contributed by atoms with van der Waals surface area (Å²) in [6.45, 7) is 2.00. The number of aromatic nitrogens is 1. The van der Waals surface area contributed by atoms with Crippen molar-refractivity contribution in [2.24, 2.45) is 0 Å². The molecule has 1 aromatic carbocycles. The summed E-state index contributed by atoms with van der Waals surface area (Å²) in [6, 6.07) is 6.25.